The van der Waals surface area contributed by atoms with E-state index >= 15 is 0 Å². The molecule has 0 atom stereocenters. The van der Waals surface area contributed by atoms with Crippen LogP contribution in [0, 0.1) is 0 Å². The average Bonchev–Trinajstić information content (AvgIpc) is 3.54. The van der Waals surface area contributed by atoms with Gasteiger partial charge in [0.25, 0.3) is 5.91 Å². The van der Waals surface area contributed by atoms with Crippen LogP contribution in [0.1, 0.15) is 35.5 Å². The largest absolute Gasteiger partial charge is 0.497 e. The van der Waals surface area contributed by atoms with Crippen LogP contribution in [-0.2, 0) is 13.1 Å². The minimum absolute atomic E-state index is 0.0885. The molecule has 0 saturated heterocycles. The van der Waals surface area contributed by atoms with Crippen LogP contribution >= 0.6 is 0 Å². The lowest BCUT2D eigenvalue weighted by molar-refractivity contribution is 0.0996. The summed E-state index contributed by atoms with van der Waals surface area (Å²) < 4.78 is 7.12. The molecule has 3 aromatic heterocycles. The third-order valence-electron chi connectivity index (χ3n) is 6.61. The van der Waals surface area contributed by atoms with Crippen molar-refractivity contribution < 1.29 is 9.53 Å². The fourth-order valence-corrected chi connectivity index (χ4v) is 4.34. The number of nitrogens with zero attached hydrogens (tertiary/aromatic N) is 7. The second-order valence-electron chi connectivity index (χ2n) is 9.18. The third-order valence-corrected chi connectivity index (χ3v) is 6.61. The van der Waals surface area contributed by atoms with Gasteiger partial charge in [-0.2, -0.15) is 0 Å². The van der Waals surface area contributed by atoms with E-state index < -0.39 is 0 Å². The van der Waals surface area contributed by atoms with Gasteiger partial charge in [-0.05, 0) is 63.4 Å². The maximum atomic E-state index is 13.6. The molecule has 4 aromatic rings. The number of anilines is 2. The third kappa shape index (κ3) is 4.51. The second-order valence-corrected chi connectivity index (χ2v) is 9.18. The predicted molar refractivity (Wildman–Crippen MR) is 142 cm³/mol. The van der Waals surface area contributed by atoms with Gasteiger partial charge in [-0.25, -0.2) is 9.97 Å². The van der Waals surface area contributed by atoms with Crippen molar-refractivity contribution in [2.45, 2.75) is 33.0 Å². The molecule has 1 aromatic carbocycles. The lowest BCUT2D eigenvalue weighted by Gasteiger charge is -2.24. The normalized spacial score (nSPS) is 12.8. The zero-order valence-electron chi connectivity index (χ0n) is 21.6. The van der Waals surface area contributed by atoms with Crippen molar-refractivity contribution in [1.82, 2.24) is 30.0 Å². The highest BCUT2D eigenvalue weighted by molar-refractivity contribution is 6.10. The fraction of sp³-hybridized carbons (Fsp3) is 0.296. The number of nitrogens with one attached hydrogen (secondary N) is 1. The summed E-state index contributed by atoms with van der Waals surface area (Å²) >= 11 is 0. The summed E-state index contributed by atoms with van der Waals surface area (Å²) in [6.45, 7) is 5.18. The molecule has 1 aliphatic heterocycles. The molecule has 190 valence electrons. The highest BCUT2D eigenvalue weighted by atomic mass is 16.5. The Kier molecular flexibility index (Phi) is 6.58. The molecule has 0 fully saturated rings. The Morgan fingerprint density at radius 1 is 1.14 bits per heavy atom. The van der Waals surface area contributed by atoms with Crippen molar-refractivity contribution in [3.63, 3.8) is 0 Å². The minimum Gasteiger partial charge on any atom is -0.497 e. The van der Waals surface area contributed by atoms with Crippen molar-refractivity contribution in [2.75, 3.05) is 31.0 Å². The van der Waals surface area contributed by atoms with Gasteiger partial charge in [0, 0.05) is 30.9 Å². The molecule has 4 heterocycles. The van der Waals surface area contributed by atoms with Crippen LogP contribution in [-0.4, -0.2) is 57.9 Å². The number of carbonyl (C=O) groups is 1. The summed E-state index contributed by atoms with van der Waals surface area (Å²) in [4.78, 5) is 27.1. The van der Waals surface area contributed by atoms with Crippen molar-refractivity contribution in [3.05, 3.63) is 71.7 Å². The number of rotatable bonds is 8. The molecular weight excluding hydrogens is 468 g/mol. The molecule has 37 heavy (non-hydrogen) atoms. The van der Waals surface area contributed by atoms with Crippen LogP contribution in [0.15, 0.2) is 54.9 Å². The number of benzene rings is 1. The molecule has 10 nitrogen and oxygen atoms in total. The molecule has 0 saturated carbocycles. The fourth-order valence-electron chi connectivity index (χ4n) is 4.34. The first-order valence-corrected chi connectivity index (χ1v) is 12.1. The van der Waals surface area contributed by atoms with Gasteiger partial charge in [0.1, 0.15) is 29.4 Å². The van der Waals surface area contributed by atoms with Crippen molar-refractivity contribution in [3.8, 4) is 23.0 Å². The van der Waals surface area contributed by atoms with Crippen LogP contribution in [0.25, 0.3) is 17.2 Å². The summed E-state index contributed by atoms with van der Waals surface area (Å²) in [6.07, 6.45) is 1.64. The van der Waals surface area contributed by atoms with Crippen molar-refractivity contribution >= 4 is 17.5 Å². The predicted octanol–water partition coefficient (Wildman–Crippen LogP) is 3.46. The lowest BCUT2D eigenvalue weighted by Crippen LogP contribution is -2.27. The number of hydrogen-bond donors (Lipinski definition) is 1. The lowest BCUT2D eigenvalue weighted by atomic mass is 10.1. The Balaban J connectivity index is 1.49. The standard InChI is InChI=1S/C27H30N8O2/c1-17(2)33(4)25-13-20-21(23(31-25)14-28-3)15-34(27(20)36)24-8-6-7-22(30-24)26-32-29-16-35(26)18-9-11-19(37-5)12-10-18/h6-13,16-17,28H,14-15H2,1-5H3. The summed E-state index contributed by atoms with van der Waals surface area (Å²) in [5, 5.41) is 11.6. The van der Waals surface area contributed by atoms with Crippen LogP contribution in [0.2, 0.25) is 0 Å². The van der Waals surface area contributed by atoms with E-state index in [0.717, 1.165) is 28.5 Å². The van der Waals surface area contributed by atoms with E-state index in [1.54, 1.807) is 18.3 Å². The molecule has 0 spiro atoms. The Morgan fingerprint density at radius 3 is 2.62 bits per heavy atom. The van der Waals surface area contributed by atoms with Gasteiger partial charge in [-0.3, -0.25) is 14.3 Å². The molecule has 5 rings (SSSR count). The highest BCUT2D eigenvalue weighted by Crippen LogP contribution is 2.33. The Morgan fingerprint density at radius 2 is 1.92 bits per heavy atom. The van der Waals surface area contributed by atoms with Crippen molar-refractivity contribution in [1.29, 1.82) is 0 Å². The van der Waals surface area contributed by atoms with E-state index in [-0.39, 0.29) is 11.9 Å². The van der Waals surface area contributed by atoms with Crippen LogP contribution in [0.5, 0.6) is 5.75 Å². The van der Waals surface area contributed by atoms with E-state index in [9.17, 15) is 4.79 Å². The Labute approximate surface area is 215 Å². The zero-order chi connectivity index (χ0) is 26.1. The second kappa shape index (κ2) is 9.98. The maximum Gasteiger partial charge on any atom is 0.260 e. The van der Waals surface area contributed by atoms with E-state index in [1.165, 1.54) is 0 Å². The number of hydrogen-bond acceptors (Lipinski definition) is 8. The quantitative estimate of drug-likeness (QED) is 0.394. The van der Waals surface area contributed by atoms with Gasteiger partial charge in [-0.1, -0.05) is 6.07 Å². The first-order valence-electron chi connectivity index (χ1n) is 12.1. The summed E-state index contributed by atoms with van der Waals surface area (Å²) in [5.74, 6) is 2.59. The molecule has 0 radical (unpaired) electrons. The Bertz CT molecular complexity index is 1430. The molecule has 0 unspecified atom stereocenters. The first kappa shape index (κ1) is 24.4. The molecule has 0 bridgehead atoms. The molecular formula is C27H30N8O2. The van der Waals surface area contributed by atoms with E-state index in [1.807, 2.05) is 67.2 Å². The summed E-state index contributed by atoms with van der Waals surface area (Å²) in [5.41, 5.74) is 3.95. The van der Waals surface area contributed by atoms with Crippen LogP contribution in [0.4, 0.5) is 11.6 Å². The van der Waals surface area contributed by atoms with Gasteiger partial charge in [0.15, 0.2) is 5.82 Å². The zero-order valence-corrected chi connectivity index (χ0v) is 21.6. The number of pyridine rings is 2. The number of ether oxygens (including phenoxy) is 1. The number of aromatic nitrogens is 5. The number of amides is 1. The first-order chi connectivity index (χ1) is 17.9. The minimum atomic E-state index is -0.0885. The topological polar surface area (TPSA) is 101 Å². The van der Waals surface area contributed by atoms with Crippen LogP contribution in [0.3, 0.4) is 0 Å². The number of methoxy groups -OCH3 is 1. The van der Waals surface area contributed by atoms with Crippen molar-refractivity contribution in [2.24, 2.45) is 0 Å². The molecule has 0 aliphatic carbocycles. The molecule has 10 heteroatoms. The number of fused-ring (bicyclic) bond motifs is 1. The Hall–Kier alpha value is -4.31. The van der Waals surface area contributed by atoms with Gasteiger partial charge in [0.05, 0.1) is 24.9 Å². The smallest absolute Gasteiger partial charge is 0.260 e. The van der Waals surface area contributed by atoms with Gasteiger partial charge >= 0.3 is 0 Å². The summed E-state index contributed by atoms with van der Waals surface area (Å²) in [6, 6.07) is 15.3. The van der Waals surface area contributed by atoms with Gasteiger partial charge in [-0.15, -0.1) is 10.2 Å². The monoisotopic (exact) mass is 498 g/mol. The van der Waals surface area contributed by atoms with Gasteiger partial charge in [0.2, 0.25) is 0 Å². The highest BCUT2D eigenvalue weighted by Gasteiger charge is 2.33. The average molecular weight is 499 g/mol. The molecule has 1 amide bonds. The van der Waals surface area contributed by atoms with Gasteiger partial charge < -0.3 is 15.0 Å². The van der Waals surface area contributed by atoms with E-state index in [2.05, 4.69) is 34.3 Å². The maximum absolute atomic E-state index is 13.6. The molecule has 1 aliphatic rings. The summed E-state index contributed by atoms with van der Waals surface area (Å²) in [7, 11) is 5.50. The van der Waals surface area contributed by atoms with Crippen LogP contribution < -0.4 is 19.9 Å². The SMILES string of the molecule is CNCc1nc(N(C)C(C)C)cc2c1CN(c1cccc(-c3nncn3-c3ccc(OC)cc3)n1)C2=O. The van der Waals surface area contributed by atoms with E-state index in [0.29, 0.717) is 36.0 Å². The number of carbonyl (C=O) groups excluding carboxylic acids is 1. The molecule has 1 N–H and O–H groups in total. The van der Waals surface area contributed by atoms with E-state index in [4.69, 9.17) is 14.7 Å².